The summed E-state index contributed by atoms with van der Waals surface area (Å²) in [6.07, 6.45) is 2.73. The predicted molar refractivity (Wildman–Crippen MR) is 86.3 cm³/mol. The molecule has 0 bridgehead atoms. The Kier molecular flexibility index (Phi) is 5.46. The van der Waals surface area contributed by atoms with E-state index in [1.807, 2.05) is 0 Å². The van der Waals surface area contributed by atoms with Crippen LogP contribution < -0.4 is 4.74 Å². The van der Waals surface area contributed by atoms with Gasteiger partial charge < -0.3 is 14.9 Å². The maximum Gasteiger partial charge on any atom is 0.341 e. The second-order valence-corrected chi connectivity index (χ2v) is 4.80. The molecule has 0 amide bonds. The highest BCUT2D eigenvalue weighted by Crippen LogP contribution is 2.15. The fourth-order valence-electron chi connectivity index (χ4n) is 1.96. The molecule has 2 N–H and O–H groups in total. The molecule has 2 aromatic carbocycles. The van der Waals surface area contributed by atoms with Crippen LogP contribution in [0.4, 0.5) is 0 Å². The van der Waals surface area contributed by atoms with Crippen molar-refractivity contribution in [2.45, 2.75) is 0 Å². The van der Waals surface area contributed by atoms with Crippen LogP contribution in [-0.2, 0) is 4.79 Å². The highest BCUT2D eigenvalue weighted by molar-refractivity contribution is 6.07. The molecule has 0 aliphatic heterocycles. The SMILES string of the molecule is O=C(O)COc1ccc(C(=O)C=Cc2ccccc2C(=O)O)cc1. The number of aromatic carboxylic acids is 1. The van der Waals surface area contributed by atoms with Crippen LogP contribution in [0.3, 0.4) is 0 Å². The standard InChI is InChI=1S/C18H14O6/c19-16(10-7-12-3-1-2-4-15(12)18(22)23)13-5-8-14(9-6-13)24-11-17(20)21/h1-10H,11H2,(H,20,21)(H,22,23). The van der Waals surface area contributed by atoms with Gasteiger partial charge in [-0.15, -0.1) is 0 Å². The van der Waals surface area contributed by atoms with Crippen LogP contribution in [0.5, 0.6) is 5.75 Å². The largest absolute Gasteiger partial charge is 0.482 e. The van der Waals surface area contributed by atoms with Gasteiger partial charge in [-0.05, 0) is 42.0 Å². The van der Waals surface area contributed by atoms with E-state index in [1.165, 1.54) is 42.5 Å². The van der Waals surface area contributed by atoms with Gasteiger partial charge in [0.2, 0.25) is 0 Å². The highest BCUT2D eigenvalue weighted by Gasteiger charge is 2.08. The second-order valence-electron chi connectivity index (χ2n) is 4.80. The number of allylic oxidation sites excluding steroid dienone is 1. The van der Waals surface area contributed by atoms with Crippen molar-refractivity contribution in [1.29, 1.82) is 0 Å². The van der Waals surface area contributed by atoms with Crippen LogP contribution in [-0.4, -0.2) is 34.5 Å². The number of rotatable bonds is 7. The predicted octanol–water partition coefficient (Wildman–Crippen LogP) is 2.74. The molecular formula is C18H14O6. The molecule has 0 radical (unpaired) electrons. The fourth-order valence-corrected chi connectivity index (χ4v) is 1.96. The fraction of sp³-hybridized carbons (Fsp3) is 0.0556. The summed E-state index contributed by atoms with van der Waals surface area (Å²) >= 11 is 0. The van der Waals surface area contributed by atoms with Crippen LogP contribution in [0.2, 0.25) is 0 Å². The maximum absolute atomic E-state index is 12.1. The molecule has 2 rings (SSSR count). The number of aliphatic carboxylic acids is 1. The minimum atomic E-state index is -1.09. The Morgan fingerprint density at radius 3 is 2.25 bits per heavy atom. The summed E-state index contributed by atoms with van der Waals surface area (Å²) in [6, 6.07) is 12.4. The molecule has 0 atom stereocenters. The van der Waals surface area contributed by atoms with E-state index in [1.54, 1.807) is 18.2 Å². The summed E-state index contributed by atoms with van der Waals surface area (Å²) in [6.45, 7) is -0.459. The Bertz CT molecular complexity index is 789. The number of carboxylic acids is 2. The van der Waals surface area contributed by atoms with Gasteiger partial charge in [0.1, 0.15) is 5.75 Å². The number of carboxylic acid groups (broad SMARTS) is 2. The summed E-state index contributed by atoms with van der Waals surface area (Å²) < 4.78 is 4.98. The second kappa shape index (κ2) is 7.73. The third-order valence-electron chi connectivity index (χ3n) is 3.11. The molecule has 0 fully saturated rings. The van der Waals surface area contributed by atoms with E-state index in [0.717, 1.165) is 0 Å². The lowest BCUT2D eigenvalue weighted by molar-refractivity contribution is -0.139. The van der Waals surface area contributed by atoms with E-state index in [0.29, 0.717) is 16.9 Å². The monoisotopic (exact) mass is 326 g/mol. The number of hydrogen-bond acceptors (Lipinski definition) is 4. The summed E-state index contributed by atoms with van der Waals surface area (Å²) in [4.78, 5) is 33.6. The van der Waals surface area contributed by atoms with E-state index in [9.17, 15) is 14.4 Å². The first-order valence-electron chi connectivity index (χ1n) is 6.97. The van der Waals surface area contributed by atoms with E-state index in [4.69, 9.17) is 14.9 Å². The van der Waals surface area contributed by atoms with Crippen LogP contribution in [0.25, 0.3) is 6.08 Å². The molecule has 24 heavy (non-hydrogen) atoms. The molecule has 6 heteroatoms. The quantitative estimate of drug-likeness (QED) is 0.599. The summed E-state index contributed by atoms with van der Waals surface area (Å²) in [5, 5.41) is 17.6. The average Bonchev–Trinajstić information content (AvgIpc) is 2.58. The zero-order valence-electron chi connectivity index (χ0n) is 12.5. The normalized spacial score (nSPS) is 10.5. The summed E-state index contributed by atoms with van der Waals surface area (Å²) in [5.41, 5.74) is 0.917. The smallest absolute Gasteiger partial charge is 0.341 e. The Morgan fingerprint density at radius 2 is 1.62 bits per heavy atom. The molecule has 122 valence electrons. The minimum Gasteiger partial charge on any atom is -0.482 e. The molecule has 0 aliphatic carbocycles. The molecule has 0 spiro atoms. The van der Waals surface area contributed by atoms with Crippen molar-refractivity contribution in [2.75, 3.05) is 6.61 Å². The number of carbonyl (C=O) groups excluding carboxylic acids is 1. The van der Waals surface area contributed by atoms with Gasteiger partial charge in [0, 0.05) is 5.56 Å². The molecule has 0 saturated heterocycles. The Hall–Kier alpha value is -3.41. The van der Waals surface area contributed by atoms with Crippen molar-refractivity contribution >= 4 is 23.8 Å². The van der Waals surface area contributed by atoms with Crippen molar-refractivity contribution in [2.24, 2.45) is 0 Å². The first kappa shape index (κ1) is 17.0. The zero-order valence-corrected chi connectivity index (χ0v) is 12.5. The van der Waals surface area contributed by atoms with Gasteiger partial charge in [0.05, 0.1) is 5.56 Å². The number of ketones is 1. The van der Waals surface area contributed by atoms with Crippen LogP contribution in [0.15, 0.2) is 54.6 Å². The Labute approximate surface area is 137 Å². The van der Waals surface area contributed by atoms with Gasteiger partial charge in [-0.25, -0.2) is 9.59 Å². The molecule has 0 saturated carbocycles. The van der Waals surface area contributed by atoms with Gasteiger partial charge in [0.25, 0.3) is 0 Å². The number of hydrogen-bond donors (Lipinski definition) is 2. The molecule has 0 aromatic heterocycles. The van der Waals surface area contributed by atoms with Crippen LogP contribution in [0.1, 0.15) is 26.3 Å². The molecule has 0 heterocycles. The van der Waals surface area contributed by atoms with E-state index in [2.05, 4.69) is 0 Å². The number of carbonyl (C=O) groups is 3. The topological polar surface area (TPSA) is 101 Å². The number of ether oxygens (including phenoxy) is 1. The molecule has 2 aromatic rings. The molecule has 0 unspecified atom stereocenters. The van der Waals surface area contributed by atoms with Gasteiger partial charge in [-0.1, -0.05) is 24.3 Å². The average molecular weight is 326 g/mol. The van der Waals surface area contributed by atoms with Gasteiger partial charge in [-0.2, -0.15) is 0 Å². The van der Waals surface area contributed by atoms with Crippen molar-refractivity contribution in [3.8, 4) is 5.75 Å². The summed E-state index contributed by atoms with van der Waals surface area (Å²) in [7, 11) is 0. The van der Waals surface area contributed by atoms with Crippen LogP contribution in [0, 0.1) is 0 Å². The van der Waals surface area contributed by atoms with Crippen molar-refractivity contribution in [1.82, 2.24) is 0 Å². The first-order chi connectivity index (χ1) is 11.5. The van der Waals surface area contributed by atoms with E-state index >= 15 is 0 Å². The van der Waals surface area contributed by atoms with Crippen molar-refractivity contribution < 1.29 is 29.3 Å². The first-order valence-corrected chi connectivity index (χ1v) is 6.97. The lowest BCUT2D eigenvalue weighted by Gasteiger charge is -2.03. The Morgan fingerprint density at radius 1 is 0.958 bits per heavy atom. The third kappa shape index (κ3) is 4.54. The van der Waals surface area contributed by atoms with E-state index < -0.39 is 18.5 Å². The maximum atomic E-state index is 12.1. The summed E-state index contributed by atoms with van der Waals surface area (Å²) in [5.74, 6) is -2.12. The van der Waals surface area contributed by atoms with Crippen molar-refractivity contribution in [3.05, 3.63) is 71.3 Å². The lowest BCUT2D eigenvalue weighted by Crippen LogP contribution is -2.09. The van der Waals surface area contributed by atoms with Crippen molar-refractivity contribution in [3.63, 3.8) is 0 Å². The van der Waals surface area contributed by atoms with Gasteiger partial charge in [-0.3, -0.25) is 4.79 Å². The lowest BCUT2D eigenvalue weighted by atomic mass is 10.1. The molecule has 6 nitrogen and oxygen atoms in total. The van der Waals surface area contributed by atoms with Gasteiger partial charge >= 0.3 is 11.9 Å². The van der Waals surface area contributed by atoms with E-state index in [-0.39, 0.29) is 11.3 Å². The third-order valence-corrected chi connectivity index (χ3v) is 3.11. The van der Waals surface area contributed by atoms with Gasteiger partial charge in [0.15, 0.2) is 12.4 Å². The Balaban J connectivity index is 2.10. The van der Waals surface area contributed by atoms with Crippen LogP contribution >= 0.6 is 0 Å². The molecule has 0 aliphatic rings. The molecular weight excluding hydrogens is 312 g/mol. The minimum absolute atomic E-state index is 0.110. The highest BCUT2D eigenvalue weighted by atomic mass is 16.5. The zero-order chi connectivity index (χ0) is 17.5. The number of benzene rings is 2.